The summed E-state index contributed by atoms with van der Waals surface area (Å²) in [7, 11) is 0. The van der Waals surface area contributed by atoms with Crippen molar-refractivity contribution in [3.63, 3.8) is 0 Å². The lowest BCUT2D eigenvalue weighted by Crippen LogP contribution is -2.31. The fourth-order valence-electron chi connectivity index (χ4n) is 0.359. The molecule has 0 spiro atoms. The zero-order valence-electron chi connectivity index (χ0n) is 5.42. The Morgan fingerprint density at radius 2 is 2.56 bits per heavy atom. The first-order valence-corrected chi connectivity index (χ1v) is 3.36. The molecule has 1 unspecified atom stereocenters. The first-order chi connectivity index (χ1) is 4.20. The van der Waals surface area contributed by atoms with Crippen LogP contribution in [-0.4, -0.2) is 17.7 Å². The largest absolute Gasteiger partial charge is 0.349 e. The Hall–Kier alpha value is -0.440. The van der Waals surface area contributed by atoms with E-state index in [-0.39, 0.29) is 17.7 Å². The Kier molecular flexibility index (Phi) is 4.22. The molecule has 0 aliphatic carbocycles. The van der Waals surface area contributed by atoms with Gasteiger partial charge >= 0.3 is 0 Å². The van der Waals surface area contributed by atoms with Gasteiger partial charge in [-0.15, -0.1) is 6.58 Å². The van der Waals surface area contributed by atoms with E-state index in [1.165, 1.54) is 0 Å². The van der Waals surface area contributed by atoms with E-state index in [1.54, 1.807) is 6.08 Å². The minimum Gasteiger partial charge on any atom is -0.349 e. The van der Waals surface area contributed by atoms with Gasteiger partial charge in [0.15, 0.2) is 0 Å². The normalized spacial score (nSPS) is 12.2. The number of thiol groups is 1. The Balaban J connectivity index is 3.46. The summed E-state index contributed by atoms with van der Waals surface area (Å²) in [5.74, 6) is 0.170. The van der Waals surface area contributed by atoms with Crippen molar-refractivity contribution in [3.8, 4) is 0 Å². The molecule has 0 radical (unpaired) electrons. The predicted octanol–water partition coefficient (Wildman–Crippen LogP) is 0.607. The highest BCUT2D eigenvalue weighted by molar-refractivity contribution is 7.81. The molecule has 0 fully saturated rings. The van der Waals surface area contributed by atoms with Crippen molar-refractivity contribution in [2.75, 3.05) is 5.75 Å². The molecule has 0 saturated carbocycles. The van der Waals surface area contributed by atoms with Crippen LogP contribution in [0.3, 0.4) is 0 Å². The summed E-state index contributed by atoms with van der Waals surface area (Å²) in [4.78, 5) is 10.5. The number of hydrogen-bond acceptors (Lipinski definition) is 2. The van der Waals surface area contributed by atoms with E-state index in [0.717, 1.165) is 0 Å². The van der Waals surface area contributed by atoms with Crippen LogP contribution in [0.1, 0.15) is 6.92 Å². The molecular formula is C6H11NOS. The van der Waals surface area contributed by atoms with E-state index in [9.17, 15) is 4.79 Å². The lowest BCUT2D eigenvalue weighted by molar-refractivity contribution is -0.118. The Bertz CT molecular complexity index is 114. The highest BCUT2D eigenvalue weighted by Gasteiger charge is 1.98. The molecule has 0 aromatic carbocycles. The standard InChI is InChI=1S/C6H11NOS/c1-3-5(2)7-6(8)4-9/h3,5,9H,1,4H2,2H3,(H,7,8). The second kappa shape index (κ2) is 4.44. The topological polar surface area (TPSA) is 29.1 Å². The smallest absolute Gasteiger partial charge is 0.230 e. The first kappa shape index (κ1) is 8.56. The van der Waals surface area contributed by atoms with E-state index in [1.807, 2.05) is 6.92 Å². The Morgan fingerprint density at radius 1 is 2.00 bits per heavy atom. The van der Waals surface area contributed by atoms with E-state index in [0.29, 0.717) is 0 Å². The molecular weight excluding hydrogens is 134 g/mol. The van der Waals surface area contributed by atoms with Crippen molar-refractivity contribution >= 4 is 18.5 Å². The van der Waals surface area contributed by atoms with Gasteiger partial charge in [0, 0.05) is 6.04 Å². The highest BCUT2D eigenvalue weighted by atomic mass is 32.1. The number of nitrogens with one attached hydrogen (secondary N) is 1. The van der Waals surface area contributed by atoms with Crippen LogP contribution < -0.4 is 5.32 Å². The van der Waals surface area contributed by atoms with Crippen LogP contribution in [-0.2, 0) is 4.79 Å². The molecule has 1 atom stereocenters. The summed E-state index contributed by atoms with van der Waals surface area (Å²) in [5.41, 5.74) is 0. The van der Waals surface area contributed by atoms with Gasteiger partial charge < -0.3 is 5.32 Å². The predicted molar refractivity (Wildman–Crippen MR) is 41.7 cm³/mol. The number of carbonyl (C=O) groups excluding carboxylic acids is 1. The highest BCUT2D eigenvalue weighted by Crippen LogP contribution is 1.81. The molecule has 0 bridgehead atoms. The van der Waals surface area contributed by atoms with Crippen LogP contribution in [0.5, 0.6) is 0 Å². The summed E-state index contributed by atoms with van der Waals surface area (Å²) in [5, 5.41) is 2.65. The van der Waals surface area contributed by atoms with Crippen molar-refractivity contribution in [2.45, 2.75) is 13.0 Å². The number of amides is 1. The van der Waals surface area contributed by atoms with Gasteiger partial charge in [-0.3, -0.25) is 4.79 Å². The molecule has 52 valence electrons. The fourth-order valence-corrected chi connectivity index (χ4v) is 0.450. The fraction of sp³-hybridized carbons (Fsp3) is 0.500. The Labute approximate surface area is 60.7 Å². The molecule has 0 aromatic rings. The number of hydrogen-bond donors (Lipinski definition) is 2. The minimum atomic E-state index is -0.0641. The van der Waals surface area contributed by atoms with Gasteiger partial charge in [-0.1, -0.05) is 6.08 Å². The lowest BCUT2D eigenvalue weighted by Gasteiger charge is -2.05. The maximum atomic E-state index is 10.5. The molecule has 0 heterocycles. The molecule has 9 heavy (non-hydrogen) atoms. The SMILES string of the molecule is C=CC(C)NC(=O)CS. The van der Waals surface area contributed by atoms with Gasteiger partial charge in [-0.05, 0) is 6.92 Å². The third-order valence-electron chi connectivity index (χ3n) is 0.886. The molecule has 0 aliphatic heterocycles. The third kappa shape index (κ3) is 4.09. The van der Waals surface area contributed by atoms with E-state index in [2.05, 4.69) is 24.5 Å². The van der Waals surface area contributed by atoms with Gasteiger partial charge in [0.2, 0.25) is 5.91 Å². The van der Waals surface area contributed by atoms with Crippen molar-refractivity contribution in [3.05, 3.63) is 12.7 Å². The summed E-state index contributed by atoms with van der Waals surface area (Å²) >= 11 is 3.78. The van der Waals surface area contributed by atoms with E-state index >= 15 is 0 Å². The van der Waals surface area contributed by atoms with Gasteiger partial charge in [-0.25, -0.2) is 0 Å². The Morgan fingerprint density at radius 3 is 2.89 bits per heavy atom. The number of rotatable bonds is 3. The van der Waals surface area contributed by atoms with Crippen LogP contribution in [0.25, 0.3) is 0 Å². The van der Waals surface area contributed by atoms with Crippen LogP contribution >= 0.6 is 12.6 Å². The van der Waals surface area contributed by atoms with Crippen LogP contribution in [0.15, 0.2) is 12.7 Å². The summed E-state index contributed by atoms with van der Waals surface area (Å²) in [6.45, 7) is 5.36. The summed E-state index contributed by atoms with van der Waals surface area (Å²) in [6.07, 6.45) is 1.67. The van der Waals surface area contributed by atoms with E-state index in [4.69, 9.17) is 0 Å². The van der Waals surface area contributed by atoms with Crippen LogP contribution in [0.2, 0.25) is 0 Å². The zero-order chi connectivity index (χ0) is 7.28. The zero-order valence-corrected chi connectivity index (χ0v) is 6.32. The summed E-state index contributed by atoms with van der Waals surface area (Å²) < 4.78 is 0. The second-order valence-corrected chi connectivity index (χ2v) is 2.07. The van der Waals surface area contributed by atoms with Gasteiger partial charge in [-0.2, -0.15) is 12.6 Å². The molecule has 0 rings (SSSR count). The van der Waals surface area contributed by atoms with Crippen molar-refractivity contribution in [1.82, 2.24) is 5.32 Å². The quantitative estimate of drug-likeness (QED) is 0.442. The van der Waals surface area contributed by atoms with Crippen LogP contribution in [0.4, 0.5) is 0 Å². The minimum absolute atomic E-state index is 0.0460. The van der Waals surface area contributed by atoms with Crippen molar-refractivity contribution in [1.29, 1.82) is 0 Å². The van der Waals surface area contributed by atoms with Gasteiger partial charge in [0.05, 0.1) is 5.75 Å². The maximum Gasteiger partial charge on any atom is 0.230 e. The summed E-state index contributed by atoms with van der Waals surface area (Å²) in [6, 6.07) is 0.0460. The maximum absolute atomic E-state index is 10.5. The molecule has 1 N–H and O–H groups in total. The molecule has 0 saturated heterocycles. The number of carbonyl (C=O) groups is 1. The molecule has 3 heteroatoms. The molecule has 0 aromatic heterocycles. The van der Waals surface area contributed by atoms with Gasteiger partial charge in [0.25, 0.3) is 0 Å². The lowest BCUT2D eigenvalue weighted by atomic mass is 10.3. The molecule has 0 aliphatic rings. The second-order valence-electron chi connectivity index (χ2n) is 1.75. The molecule has 1 amide bonds. The monoisotopic (exact) mass is 145 g/mol. The third-order valence-corrected chi connectivity index (χ3v) is 1.17. The first-order valence-electron chi connectivity index (χ1n) is 2.73. The van der Waals surface area contributed by atoms with Crippen molar-refractivity contribution in [2.24, 2.45) is 0 Å². The van der Waals surface area contributed by atoms with Crippen LogP contribution in [0, 0.1) is 0 Å². The van der Waals surface area contributed by atoms with E-state index < -0.39 is 0 Å². The average Bonchev–Trinajstić information content (AvgIpc) is 1.87. The van der Waals surface area contributed by atoms with Crippen molar-refractivity contribution < 1.29 is 4.79 Å². The van der Waals surface area contributed by atoms with Gasteiger partial charge in [0.1, 0.15) is 0 Å². The molecule has 2 nitrogen and oxygen atoms in total. The average molecular weight is 145 g/mol.